The highest BCUT2D eigenvalue weighted by molar-refractivity contribution is 5.97. The summed E-state index contributed by atoms with van der Waals surface area (Å²) in [4.78, 5) is 3.66. The van der Waals surface area contributed by atoms with Gasteiger partial charge in [0.1, 0.15) is 5.84 Å². The van der Waals surface area contributed by atoms with E-state index in [2.05, 4.69) is 18.2 Å². The van der Waals surface area contributed by atoms with Crippen LogP contribution < -0.4 is 5.73 Å². The fraction of sp³-hybridized carbons (Fsp3) is 0.308. The Labute approximate surface area is 111 Å². The van der Waals surface area contributed by atoms with Crippen LogP contribution in [0.2, 0.25) is 0 Å². The molecule has 0 amide bonds. The number of amidine groups is 1. The minimum Gasteiger partial charge on any atom is -0.397 e. The molecule has 0 atom stereocenters. The second kappa shape index (κ2) is 10.1. The quantitative estimate of drug-likeness (QED) is 0.471. The highest BCUT2D eigenvalue weighted by Crippen LogP contribution is 2.28. The standard InChI is InChI=1S/C9H9F3N2.C2H6O.C2H4/c1-14-8(13)6-2-4-7(5-3-6)9(10,11)12;1-2-3;1-2/h2-5H,1H3,(H2,13,14);3H,2H2,1H3;1-2H2. The number of benzene rings is 1. The van der Waals surface area contributed by atoms with E-state index in [-0.39, 0.29) is 12.4 Å². The lowest BCUT2D eigenvalue weighted by atomic mass is 10.1. The summed E-state index contributed by atoms with van der Waals surface area (Å²) in [6.07, 6.45) is -4.31. The van der Waals surface area contributed by atoms with E-state index in [9.17, 15) is 13.2 Å². The number of hydrogen-bond donors (Lipinski definition) is 2. The normalized spacial score (nSPS) is 10.7. The Kier molecular flexibility index (Phi) is 10.4. The molecular formula is C13H19F3N2O. The van der Waals surface area contributed by atoms with Crippen molar-refractivity contribution in [1.29, 1.82) is 0 Å². The maximum absolute atomic E-state index is 12.1. The Morgan fingerprint density at radius 2 is 1.63 bits per heavy atom. The van der Waals surface area contributed by atoms with Crippen molar-refractivity contribution in [3.05, 3.63) is 48.6 Å². The average molecular weight is 276 g/mol. The van der Waals surface area contributed by atoms with Crippen molar-refractivity contribution in [2.45, 2.75) is 13.1 Å². The molecular weight excluding hydrogens is 257 g/mol. The van der Waals surface area contributed by atoms with Crippen molar-refractivity contribution in [3.8, 4) is 0 Å². The third-order valence-corrected chi connectivity index (χ3v) is 1.75. The Morgan fingerprint density at radius 1 is 1.26 bits per heavy atom. The first-order valence-corrected chi connectivity index (χ1v) is 5.37. The minimum absolute atomic E-state index is 0.221. The van der Waals surface area contributed by atoms with Crippen LogP contribution in [0.5, 0.6) is 0 Å². The molecule has 0 aromatic heterocycles. The van der Waals surface area contributed by atoms with E-state index >= 15 is 0 Å². The molecule has 1 aromatic carbocycles. The first kappa shape index (κ1) is 19.5. The fourth-order valence-corrected chi connectivity index (χ4v) is 0.959. The smallest absolute Gasteiger partial charge is 0.397 e. The van der Waals surface area contributed by atoms with Crippen molar-refractivity contribution in [2.24, 2.45) is 10.7 Å². The minimum atomic E-state index is -4.31. The number of hydrogen-bond acceptors (Lipinski definition) is 2. The van der Waals surface area contributed by atoms with Crippen LogP contribution in [-0.2, 0) is 6.18 Å². The highest BCUT2D eigenvalue weighted by atomic mass is 19.4. The second-order valence-corrected chi connectivity index (χ2v) is 3.00. The van der Waals surface area contributed by atoms with E-state index in [1.807, 2.05) is 0 Å². The Hall–Kier alpha value is -1.82. The number of halogens is 3. The van der Waals surface area contributed by atoms with E-state index < -0.39 is 11.7 Å². The molecule has 0 fully saturated rings. The van der Waals surface area contributed by atoms with E-state index in [4.69, 9.17) is 10.8 Å². The number of nitrogens with zero attached hydrogens (tertiary/aromatic N) is 1. The van der Waals surface area contributed by atoms with Gasteiger partial charge in [0.05, 0.1) is 5.56 Å². The van der Waals surface area contributed by atoms with Gasteiger partial charge in [-0.1, -0.05) is 12.1 Å². The van der Waals surface area contributed by atoms with Gasteiger partial charge in [-0.15, -0.1) is 13.2 Å². The Morgan fingerprint density at radius 3 is 1.89 bits per heavy atom. The highest BCUT2D eigenvalue weighted by Gasteiger charge is 2.29. The van der Waals surface area contributed by atoms with E-state index in [0.717, 1.165) is 12.1 Å². The molecule has 3 nitrogen and oxygen atoms in total. The molecule has 0 saturated carbocycles. The molecule has 0 aliphatic heterocycles. The monoisotopic (exact) mass is 276 g/mol. The molecule has 0 unspecified atom stereocenters. The summed E-state index contributed by atoms with van der Waals surface area (Å²) in [5, 5.41) is 7.57. The molecule has 0 heterocycles. The predicted octanol–water partition coefficient (Wildman–Crippen LogP) is 2.84. The van der Waals surface area contributed by atoms with Crippen molar-refractivity contribution in [1.82, 2.24) is 0 Å². The summed E-state index contributed by atoms with van der Waals surface area (Å²) >= 11 is 0. The van der Waals surface area contributed by atoms with Crippen LogP contribution >= 0.6 is 0 Å². The molecule has 0 radical (unpaired) electrons. The van der Waals surface area contributed by atoms with Gasteiger partial charge in [0.15, 0.2) is 0 Å². The average Bonchev–Trinajstić information content (AvgIpc) is 2.40. The zero-order valence-corrected chi connectivity index (χ0v) is 11.0. The van der Waals surface area contributed by atoms with E-state index in [1.165, 1.54) is 19.2 Å². The number of aliphatic hydroxyl groups is 1. The number of rotatable bonds is 1. The fourth-order valence-electron chi connectivity index (χ4n) is 0.959. The number of aliphatic hydroxyl groups excluding tert-OH is 1. The van der Waals surface area contributed by atoms with Gasteiger partial charge in [0, 0.05) is 19.2 Å². The number of alkyl halides is 3. The van der Waals surface area contributed by atoms with E-state index in [1.54, 1.807) is 6.92 Å². The molecule has 0 spiro atoms. The van der Waals surface area contributed by atoms with Gasteiger partial charge in [-0.2, -0.15) is 13.2 Å². The van der Waals surface area contributed by atoms with Gasteiger partial charge >= 0.3 is 6.18 Å². The van der Waals surface area contributed by atoms with Crippen molar-refractivity contribution in [3.63, 3.8) is 0 Å². The summed E-state index contributed by atoms with van der Waals surface area (Å²) in [5.74, 6) is 0.221. The summed E-state index contributed by atoms with van der Waals surface area (Å²) in [7, 11) is 1.48. The maximum atomic E-state index is 12.1. The second-order valence-electron chi connectivity index (χ2n) is 3.00. The Balaban J connectivity index is 0. The molecule has 0 saturated heterocycles. The van der Waals surface area contributed by atoms with Crippen LogP contribution in [0, 0.1) is 0 Å². The predicted molar refractivity (Wildman–Crippen MR) is 72.1 cm³/mol. The van der Waals surface area contributed by atoms with Crippen LogP contribution in [0.3, 0.4) is 0 Å². The molecule has 3 N–H and O–H groups in total. The zero-order valence-electron chi connectivity index (χ0n) is 11.0. The molecule has 0 aliphatic rings. The first-order chi connectivity index (χ1) is 8.86. The van der Waals surface area contributed by atoms with Gasteiger partial charge in [-0.05, 0) is 19.1 Å². The molecule has 6 heteroatoms. The van der Waals surface area contributed by atoms with E-state index in [0.29, 0.717) is 5.56 Å². The molecule has 108 valence electrons. The SMILES string of the molecule is C=C.CCO.CN=C(N)c1ccc(C(F)(F)F)cc1. The van der Waals surface area contributed by atoms with Crippen LogP contribution in [0.25, 0.3) is 0 Å². The van der Waals surface area contributed by atoms with Gasteiger partial charge in [-0.3, -0.25) is 4.99 Å². The summed E-state index contributed by atoms with van der Waals surface area (Å²) in [6.45, 7) is 7.93. The van der Waals surface area contributed by atoms with Gasteiger partial charge in [0.2, 0.25) is 0 Å². The van der Waals surface area contributed by atoms with Gasteiger partial charge < -0.3 is 10.8 Å². The van der Waals surface area contributed by atoms with Crippen molar-refractivity contribution in [2.75, 3.05) is 13.7 Å². The molecule has 1 aromatic rings. The van der Waals surface area contributed by atoms with Crippen molar-refractivity contribution >= 4 is 5.84 Å². The van der Waals surface area contributed by atoms with Crippen molar-refractivity contribution < 1.29 is 18.3 Å². The lowest BCUT2D eigenvalue weighted by molar-refractivity contribution is -0.137. The maximum Gasteiger partial charge on any atom is 0.416 e. The van der Waals surface area contributed by atoms with Crippen LogP contribution in [0.15, 0.2) is 42.4 Å². The number of nitrogens with two attached hydrogens (primary N) is 1. The topological polar surface area (TPSA) is 58.6 Å². The van der Waals surface area contributed by atoms with Crippen LogP contribution in [0.4, 0.5) is 13.2 Å². The third-order valence-electron chi connectivity index (χ3n) is 1.75. The zero-order chi connectivity index (χ0) is 15.5. The molecule has 19 heavy (non-hydrogen) atoms. The summed E-state index contributed by atoms with van der Waals surface area (Å²) in [5.41, 5.74) is 5.22. The van der Waals surface area contributed by atoms with Gasteiger partial charge in [0.25, 0.3) is 0 Å². The number of aliphatic imine (C=N–C) groups is 1. The lowest BCUT2D eigenvalue weighted by Gasteiger charge is -2.06. The van der Waals surface area contributed by atoms with Gasteiger partial charge in [-0.25, -0.2) is 0 Å². The summed E-state index contributed by atoms with van der Waals surface area (Å²) in [6, 6.07) is 4.55. The van der Waals surface area contributed by atoms with Crippen LogP contribution in [-0.4, -0.2) is 24.6 Å². The largest absolute Gasteiger partial charge is 0.416 e. The Bertz CT molecular complexity index is 372. The molecule has 0 aliphatic carbocycles. The van der Waals surface area contributed by atoms with Crippen LogP contribution in [0.1, 0.15) is 18.1 Å². The summed E-state index contributed by atoms with van der Waals surface area (Å²) < 4.78 is 36.4. The molecule has 1 rings (SSSR count). The third kappa shape index (κ3) is 7.99. The lowest BCUT2D eigenvalue weighted by Crippen LogP contribution is -2.13. The first-order valence-electron chi connectivity index (χ1n) is 5.37. The molecule has 0 bridgehead atoms.